The van der Waals surface area contributed by atoms with Crippen LogP contribution in [0.15, 0.2) is 28.6 Å². The van der Waals surface area contributed by atoms with Gasteiger partial charge in [0.05, 0.1) is 10.9 Å². The number of carbonyl (C=O) groups excluding carboxylic acids is 1. The number of nitrogens with zero attached hydrogens (tertiary/aromatic N) is 2. The van der Waals surface area contributed by atoms with E-state index in [1.165, 1.54) is 6.07 Å². The highest BCUT2D eigenvalue weighted by Gasteiger charge is 2.30. The summed E-state index contributed by atoms with van der Waals surface area (Å²) in [6, 6.07) is 5.39. The van der Waals surface area contributed by atoms with Gasteiger partial charge in [0.2, 0.25) is 10.0 Å². The molecule has 1 atom stereocenters. The Kier molecular flexibility index (Phi) is 3.62. The molecular weight excluding hydrogens is 322 g/mol. The molecule has 2 aromatic rings. The summed E-state index contributed by atoms with van der Waals surface area (Å²) in [6.07, 6.45) is 2.00. The van der Waals surface area contributed by atoms with Crippen LogP contribution in [-0.4, -0.2) is 30.3 Å². The minimum absolute atomic E-state index is 0.0291. The molecule has 2 N–H and O–H groups in total. The van der Waals surface area contributed by atoms with Crippen molar-refractivity contribution in [3.63, 3.8) is 0 Å². The third kappa shape index (κ3) is 2.47. The number of aromatic nitrogens is 1. The van der Waals surface area contributed by atoms with E-state index in [4.69, 9.17) is 5.14 Å². The Morgan fingerprint density at radius 1 is 1.41 bits per heavy atom. The molecule has 1 amide bonds. The van der Waals surface area contributed by atoms with Gasteiger partial charge in [0, 0.05) is 25.0 Å². The van der Waals surface area contributed by atoms with Crippen LogP contribution < -0.4 is 5.14 Å². The maximum Gasteiger partial charge on any atom is 0.264 e. The molecule has 0 aliphatic carbocycles. The van der Waals surface area contributed by atoms with Gasteiger partial charge in [-0.15, -0.1) is 11.3 Å². The molecule has 2 aromatic heterocycles. The fourth-order valence-corrected chi connectivity index (χ4v) is 4.71. The Morgan fingerprint density at radius 3 is 2.77 bits per heavy atom. The normalized spacial score (nSPS) is 18.3. The number of fused-ring (bicyclic) bond motifs is 1. The maximum atomic E-state index is 12.8. The molecule has 118 valence electrons. The van der Waals surface area contributed by atoms with Crippen molar-refractivity contribution in [1.29, 1.82) is 0 Å². The van der Waals surface area contributed by atoms with Gasteiger partial charge in [0.1, 0.15) is 4.21 Å². The molecular formula is C14H17N3O3S2. The summed E-state index contributed by atoms with van der Waals surface area (Å²) in [7, 11) is -3.78. The molecule has 1 aliphatic heterocycles. The predicted octanol–water partition coefficient (Wildman–Crippen LogP) is 1.72. The fourth-order valence-electron chi connectivity index (χ4n) is 2.79. The monoisotopic (exact) mass is 339 g/mol. The standard InChI is InChI=1S/C14H17N3O3S2/c1-9-8-12(22(15,19)20)21-13(9)14(18)17-7-6-16-5-3-4-11(16)10(17)2/h3-5,8,10H,6-7H2,1-2H3,(H2,15,19,20)/t10-/m1/s1. The Hall–Kier alpha value is -1.64. The van der Waals surface area contributed by atoms with E-state index >= 15 is 0 Å². The Bertz CT molecular complexity index is 835. The van der Waals surface area contributed by atoms with E-state index in [1.807, 2.05) is 25.3 Å². The van der Waals surface area contributed by atoms with Gasteiger partial charge in [-0.2, -0.15) is 0 Å². The van der Waals surface area contributed by atoms with Gasteiger partial charge >= 0.3 is 0 Å². The molecule has 22 heavy (non-hydrogen) atoms. The highest BCUT2D eigenvalue weighted by molar-refractivity contribution is 7.91. The zero-order valence-electron chi connectivity index (χ0n) is 12.3. The second-order valence-electron chi connectivity index (χ2n) is 5.42. The minimum Gasteiger partial charge on any atom is -0.348 e. The summed E-state index contributed by atoms with van der Waals surface area (Å²) in [6.45, 7) is 5.05. The van der Waals surface area contributed by atoms with Gasteiger partial charge in [-0.3, -0.25) is 4.79 Å². The van der Waals surface area contributed by atoms with Crippen LogP contribution in [0.1, 0.15) is 33.9 Å². The Balaban J connectivity index is 1.94. The smallest absolute Gasteiger partial charge is 0.264 e. The molecule has 0 radical (unpaired) electrons. The van der Waals surface area contributed by atoms with E-state index in [9.17, 15) is 13.2 Å². The molecule has 8 heteroatoms. The van der Waals surface area contributed by atoms with Crippen LogP contribution >= 0.6 is 11.3 Å². The number of nitrogens with two attached hydrogens (primary N) is 1. The van der Waals surface area contributed by atoms with E-state index in [2.05, 4.69) is 4.57 Å². The third-order valence-corrected chi connectivity index (χ3v) is 6.62. The molecule has 6 nitrogen and oxygen atoms in total. The van der Waals surface area contributed by atoms with Crippen LogP contribution in [0.3, 0.4) is 0 Å². The minimum atomic E-state index is -3.78. The molecule has 0 saturated heterocycles. The number of aryl methyl sites for hydroxylation is 1. The van der Waals surface area contributed by atoms with Crippen molar-refractivity contribution in [2.45, 2.75) is 30.6 Å². The van der Waals surface area contributed by atoms with Crippen LogP contribution in [0.4, 0.5) is 0 Å². The predicted molar refractivity (Wildman–Crippen MR) is 84.3 cm³/mol. The Morgan fingerprint density at radius 2 is 2.14 bits per heavy atom. The molecule has 0 unspecified atom stereocenters. The second-order valence-corrected chi connectivity index (χ2v) is 8.26. The zero-order chi connectivity index (χ0) is 16.1. The fraction of sp³-hybridized carbons (Fsp3) is 0.357. The summed E-state index contributed by atoms with van der Waals surface area (Å²) < 4.78 is 25.1. The average Bonchev–Trinajstić information content (AvgIpc) is 3.04. The van der Waals surface area contributed by atoms with Gasteiger partial charge in [-0.05, 0) is 37.6 Å². The zero-order valence-corrected chi connectivity index (χ0v) is 13.9. The average molecular weight is 339 g/mol. The molecule has 0 saturated carbocycles. The van der Waals surface area contributed by atoms with Gasteiger partial charge in [0.15, 0.2) is 0 Å². The molecule has 3 rings (SSSR count). The summed E-state index contributed by atoms with van der Waals surface area (Å²) >= 11 is 0.943. The molecule has 3 heterocycles. The SMILES string of the molecule is Cc1cc(S(N)(=O)=O)sc1C(=O)N1CCn2cccc2[C@H]1C. The largest absolute Gasteiger partial charge is 0.348 e. The number of primary sulfonamides is 1. The van der Waals surface area contributed by atoms with E-state index in [0.29, 0.717) is 17.0 Å². The van der Waals surface area contributed by atoms with Crippen LogP contribution in [0.2, 0.25) is 0 Å². The van der Waals surface area contributed by atoms with Crippen LogP contribution in [0.25, 0.3) is 0 Å². The van der Waals surface area contributed by atoms with E-state index in [0.717, 1.165) is 23.6 Å². The van der Waals surface area contributed by atoms with E-state index < -0.39 is 10.0 Å². The number of hydrogen-bond acceptors (Lipinski definition) is 4. The highest BCUT2D eigenvalue weighted by Crippen LogP contribution is 2.31. The van der Waals surface area contributed by atoms with Gasteiger partial charge in [-0.1, -0.05) is 0 Å². The highest BCUT2D eigenvalue weighted by atomic mass is 32.2. The van der Waals surface area contributed by atoms with Crippen molar-refractivity contribution in [3.8, 4) is 0 Å². The summed E-state index contributed by atoms with van der Waals surface area (Å²) in [5.41, 5.74) is 1.73. The van der Waals surface area contributed by atoms with Gasteiger partial charge in [-0.25, -0.2) is 13.6 Å². The second kappa shape index (κ2) is 5.22. The number of rotatable bonds is 2. The number of sulfonamides is 1. The van der Waals surface area contributed by atoms with Gasteiger partial charge in [0.25, 0.3) is 5.91 Å². The van der Waals surface area contributed by atoms with Gasteiger partial charge < -0.3 is 9.47 Å². The van der Waals surface area contributed by atoms with Crippen LogP contribution in [0.5, 0.6) is 0 Å². The van der Waals surface area contributed by atoms with Crippen molar-refractivity contribution in [1.82, 2.24) is 9.47 Å². The number of amides is 1. The first-order valence-corrected chi connectivity index (χ1v) is 9.24. The van der Waals surface area contributed by atoms with Crippen molar-refractivity contribution in [2.75, 3.05) is 6.54 Å². The lowest BCUT2D eigenvalue weighted by Gasteiger charge is -2.34. The van der Waals surface area contributed by atoms with Crippen LogP contribution in [-0.2, 0) is 16.6 Å². The molecule has 1 aliphatic rings. The number of carbonyl (C=O) groups is 1. The van der Waals surface area contributed by atoms with Crippen LogP contribution in [0, 0.1) is 6.92 Å². The summed E-state index contributed by atoms with van der Waals surface area (Å²) in [5.74, 6) is -0.141. The number of thiophene rings is 1. The maximum absolute atomic E-state index is 12.8. The lowest BCUT2D eigenvalue weighted by atomic mass is 10.1. The van der Waals surface area contributed by atoms with E-state index in [1.54, 1.807) is 11.8 Å². The molecule has 0 spiro atoms. The topological polar surface area (TPSA) is 85.4 Å². The third-order valence-electron chi connectivity index (χ3n) is 3.97. The summed E-state index contributed by atoms with van der Waals surface area (Å²) in [5, 5.41) is 5.15. The van der Waals surface area contributed by atoms with E-state index in [-0.39, 0.29) is 16.2 Å². The molecule has 0 fully saturated rings. The lowest BCUT2D eigenvalue weighted by Crippen LogP contribution is -2.40. The summed E-state index contributed by atoms with van der Waals surface area (Å²) in [4.78, 5) is 15.0. The van der Waals surface area contributed by atoms with Crippen molar-refractivity contribution >= 4 is 27.3 Å². The number of hydrogen-bond donors (Lipinski definition) is 1. The van der Waals surface area contributed by atoms with Crippen molar-refractivity contribution < 1.29 is 13.2 Å². The lowest BCUT2D eigenvalue weighted by molar-refractivity contribution is 0.0648. The molecule has 0 aromatic carbocycles. The molecule has 0 bridgehead atoms. The Labute approximate surface area is 133 Å². The van der Waals surface area contributed by atoms with Crippen molar-refractivity contribution in [2.24, 2.45) is 5.14 Å². The first kappa shape index (κ1) is 15.3. The first-order chi connectivity index (χ1) is 10.3. The quantitative estimate of drug-likeness (QED) is 0.904. The first-order valence-electron chi connectivity index (χ1n) is 6.88. The van der Waals surface area contributed by atoms with Crippen molar-refractivity contribution in [3.05, 3.63) is 40.5 Å².